The highest BCUT2D eigenvalue weighted by molar-refractivity contribution is 7.94. The fourth-order valence-corrected chi connectivity index (χ4v) is 3.06. The first kappa shape index (κ1) is 14.7. The van der Waals surface area contributed by atoms with Crippen LogP contribution >= 0.6 is 0 Å². The van der Waals surface area contributed by atoms with Gasteiger partial charge in [-0.3, -0.25) is 0 Å². The molecule has 7 nitrogen and oxygen atoms in total. The van der Waals surface area contributed by atoms with E-state index in [1.807, 2.05) is 0 Å². The van der Waals surface area contributed by atoms with E-state index in [-0.39, 0.29) is 0 Å². The molecule has 1 aliphatic rings. The number of ether oxygens (including phenoxy) is 2. The van der Waals surface area contributed by atoms with Crippen LogP contribution in [-0.2, 0) is 29.1 Å². The number of carbonyl (C=O) groups excluding carboxylic acids is 1. The molecule has 0 N–H and O–H groups in total. The van der Waals surface area contributed by atoms with E-state index in [0.717, 1.165) is 0 Å². The number of hydrogen-bond donors (Lipinski definition) is 0. The molecular formula is C9H12O7S2. The molecule has 0 amide bonds. The number of hydrogen-bond acceptors (Lipinski definition) is 7. The molecule has 0 spiro atoms. The van der Waals surface area contributed by atoms with Crippen LogP contribution in [0.2, 0.25) is 0 Å². The van der Waals surface area contributed by atoms with Gasteiger partial charge in [0.15, 0.2) is 31.9 Å². The Bertz CT molecular complexity index is 508. The van der Waals surface area contributed by atoms with Crippen LogP contribution in [0, 0.1) is 0 Å². The zero-order valence-corrected chi connectivity index (χ0v) is 10.9. The van der Waals surface area contributed by atoms with Gasteiger partial charge in [0.1, 0.15) is 0 Å². The maximum absolute atomic E-state index is 11.3. The third-order valence-corrected chi connectivity index (χ3v) is 4.81. The SMILES string of the molecule is C=CS(=O)(=O)CC1OC(=O)OC1CS(=O)(=O)C=C. The standard InChI is InChI=1S/C9H12O7S2/c1-3-17(11,12)5-7-8(16-9(10)15-7)6-18(13,14)4-2/h3-4,7-8H,1-2,5-6H2. The summed E-state index contributed by atoms with van der Waals surface area (Å²) in [6.07, 6.45) is -3.44. The average molecular weight is 296 g/mol. The quantitative estimate of drug-likeness (QED) is 0.636. The molecular weight excluding hydrogens is 284 g/mol. The maximum Gasteiger partial charge on any atom is 0.509 e. The van der Waals surface area contributed by atoms with Gasteiger partial charge in [0.05, 0.1) is 11.5 Å². The number of sulfone groups is 2. The monoisotopic (exact) mass is 296 g/mol. The molecule has 1 aliphatic heterocycles. The summed E-state index contributed by atoms with van der Waals surface area (Å²) in [7, 11) is -7.27. The van der Waals surface area contributed by atoms with E-state index in [1.54, 1.807) is 0 Å². The van der Waals surface area contributed by atoms with Crippen molar-refractivity contribution in [2.45, 2.75) is 12.2 Å². The van der Waals surface area contributed by atoms with Gasteiger partial charge in [-0.1, -0.05) is 13.2 Å². The molecule has 0 aromatic heterocycles. The zero-order valence-electron chi connectivity index (χ0n) is 9.31. The van der Waals surface area contributed by atoms with Crippen molar-refractivity contribution in [1.29, 1.82) is 0 Å². The summed E-state index contributed by atoms with van der Waals surface area (Å²) in [5.41, 5.74) is 0. The molecule has 9 heteroatoms. The van der Waals surface area contributed by atoms with Gasteiger partial charge in [0.25, 0.3) is 0 Å². The Balaban J connectivity index is 2.87. The lowest BCUT2D eigenvalue weighted by molar-refractivity contribution is 0.119. The molecule has 18 heavy (non-hydrogen) atoms. The summed E-state index contributed by atoms with van der Waals surface area (Å²) < 4.78 is 54.5. The third kappa shape index (κ3) is 3.84. The molecule has 0 aromatic rings. The van der Waals surface area contributed by atoms with Crippen molar-refractivity contribution < 1.29 is 31.1 Å². The summed E-state index contributed by atoms with van der Waals surface area (Å²) in [4.78, 5) is 10.9. The van der Waals surface area contributed by atoms with Gasteiger partial charge in [-0.2, -0.15) is 0 Å². The molecule has 1 heterocycles. The normalized spacial score (nSPS) is 24.1. The van der Waals surface area contributed by atoms with Crippen LogP contribution < -0.4 is 0 Å². The van der Waals surface area contributed by atoms with Gasteiger partial charge >= 0.3 is 6.16 Å². The van der Waals surface area contributed by atoms with E-state index in [0.29, 0.717) is 10.8 Å². The molecule has 1 rings (SSSR count). The van der Waals surface area contributed by atoms with Gasteiger partial charge < -0.3 is 9.47 Å². The first-order valence-electron chi connectivity index (χ1n) is 4.77. The highest BCUT2D eigenvalue weighted by Crippen LogP contribution is 2.19. The Kier molecular flexibility index (Phi) is 4.17. The number of rotatable bonds is 6. The van der Waals surface area contributed by atoms with Gasteiger partial charge in [0.2, 0.25) is 0 Å². The second-order valence-corrected chi connectivity index (χ2v) is 7.54. The minimum Gasteiger partial charge on any atom is -0.426 e. The smallest absolute Gasteiger partial charge is 0.426 e. The van der Waals surface area contributed by atoms with Crippen LogP contribution in [0.3, 0.4) is 0 Å². The molecule has 0 saturated carbocycles. The van der Waals surface area contributed by atoms with E-state index >= 15 is 0 Å². The summed E-state index contributed by atoms with van der Waals surface area (Å²) in [5, 5.41) is 1.41. The van der Waals surface area contributed by atoms with Crippen molar-refractivity contribution in [1.82, 2.24) is 0 Å². The van der Waals surface area contributed by atoms with Crippen molar-refractivity contribution in [3.8, 4) is 0 Å². The van der Waals surface area contributed by atoms with Crippen molar-refractivity contribution in [2.24, 2.45) is 0 Å². The lowest BCUT2D eigenvalue weighted by Crippen LogP contribution is -2.34. The molecule has 1 saturated heterocycles. The van der Waals surface area contributed by atoms with Crippen molar-refractivity contribution in [2.75, 3.05) is 11.5 Å². The van der Waals surface area contributed by atoms with Gasteiger partial charge in [-0.25, -0.2) is 21.6 Å². The van der Waals surface area contributed by atoms with E-state index in [4.69, 9.17) is 0 Å². The molecule has 1 fully saturated rings. The number of carbonyl (C=O) groups is 1. The van der Waals surface area contributed by atoms with Gasteiger partial charge in [-0.05, 0) is 0 Å². The Morgan fingerprint density at radius 2 is 1.28 bits per heavy atom. The summed E-state index contributed by atoms with van der Waals surface area (Å²) in [5.74, 6) is -1.14. The Morgan fingerprint density at radius 3 is 1.56 bits per heavy atom. The second-order valence-electron chi connectivity index (χ2n) is 3.55. The van der Waals surface area contributed by atoms with E-state index < -0.39 is 49.5 Å². The molecule has 2 atom stereocenters. The highest BCUT2D eigenvalue weighted by atomic mass is 32.2. The summed E-state index contributed by atoms with van der Waals surface area (Å²) in [6, 6.07) is 0. The predicted octanol–water partition coefficient (Wildman–Crippen LogP) is 0.00700. The fourth-order valence-electron chi connectivity index (χ4n) is 1.30. The fraction of sp³-hybridized carbons (Fsp3) is 0.444. The van der Waals surface area contributed by atoms with E-state index in [2.05, 4.69) is 22.6 Å². The molecule has 0 aliphatic carbocycles. The molecule has 2 unspecified atom stereocenters. The predicted molar refractivity (Wildman–Crippen MR) is 63.1 cm³/mol. The minimum absolute atomic E-state index is 0.570. The van der Waals surface area contributed by atoms with Gasteiger partial charge in [-0.15, -0.1) is 0 Å². The summed E-state index contributed by atoms with van der Waals surface area (Å²) in [6.45, 7) is 6.21. The summed E-state index contributed by atoms with van der Waals surface area (Å²) >= 11 is 0. The maximum atomic E-state index is 11.3. The van der Waals surface area contributed by atoms with Gasteiger partial charge in [0, 0.05) is 10.8 Å². The minimum atomic E-state index is -3.64. The third-order valence-electron chi connectivity index (χ3n) is 2.21. The zero-order chi connectivity index (χ0) is 14.0. The van der Waals surface area contributed by atoms with Crippen molar-refractivity contribution in [3.05, 3.63) is 24.0 Å². The first-order valence-corrected chi connectivity index (χ1v) is 8.20. The molecule has 0 aromatic carbocycles. The van der Waals surface area contributed by atoms with Crippen LogP contribution in [0.25, 0.3) is 0 Å². The average Bonchev–Trinajstić information content (AvgIpc) is 2.57. The van der Waals surface area contributed by atoms with E-state index in [9.17, 15) is 21.6 Å². The Hall–Kier alpha value is -1.35. The first-order chi connectivity index (χ1) is 8.19. The second kappa shape index (κ2) is 5.11. The van der Waals surface area contributed by atoms with Crippen LogP contribution in [0.1, 0.15) is 0 Å². The lowest BCUT2D eigenvalue weighted by Gasteiger charge is -2.13. The van der Waals surface area contributed by atoms with Crippen molar-refractivity contribution in [3.63, 3.8) is 0 Å². The lowest BCUT2D eigenvalue weighted by atomic mass is 10.3. The van der Waals surface area contributed by atoms with Crippen LogP contribution in [-0.4, -0.2) is 46.7 Å². The molecule has 0 radical (unpaired) electrons. The Labute approximate surface area is 105 Å². The van der Waals surface area contributed by atoms with Crippen LogP contribution in [0.4, 0.5) is 4.79 Å². The van der Waals surface area contributed by atoms with E-state index in [1.165, 1.54) is 0 Å². The molecule has 0 bridgehead atoms. The topological polar surface area (TPSA) is 104 Å². The number of cyclic esters (lactones) is 2. The molecule has 102 valence electrons. The Morgan fingerprint density at radius 1 is 0.944 bits per heavy atom. The largest absolute Gasteiger partial charge is 0.509 e. The highest BCUT2D eigenvalue weighted by Gasteiger charge is 2.41. The van der Waals surface area contributed by atoms with Crippen LogP contribution in [0.5, 0.6) is 0 Å². The van der Waals surface area contributed by atoms with Crippen LogP contribution in [0.15, 0.2) is 24.0 Å². The van der Waals surface area contributed by atoms with Crippen molar-refractivity contribution >= 4 is 25.8 Å².